The van der Waals surface area contributed by atoms with Crippen molar-refractivity contribution in [2.75, 3.05) is 25.5 Å². The number of amides is 1. The van der Waals surface area contributed by atoms with Crippen LogP contribution in [0.1, 0.15) is 12.8 Å². The maximum atomic E-state index is 12.4. The summed E-state index contributed by atoms with van der Waals surface area (Å²) in [6.07, 6.45) is 1.45. The first kappa shape index (κ1) is 15.5. The lowest BCUT2D eigenvalue weighted by Crippen LogP contribution is -2.34. The van der Waals surface area contributed by atoms with Crippen LogP contribution in [0.5, 0.6) is 11.5 Å². The molecule has 2 N–H and O–H groups in total. The third-order valence-electron chi connectivity index (χ3n) is 3.37. The number of carbonyl (C=O) groups excluding carboxylic acids is 1. The molecule has 21 heavy (non-hydrogen) atoms. The summed E-state index contributed by atoms with van der Waals surface area (Å²) in [6.45, 7) is -1.40. The van der Waals surface area contributed by atoms with E-state index >= 15 is 0 Å². The quantitative estimate of drug-likeness (QED) is 0.875. The number of hydrogen-bond donors (Lipinski definition) is 2. The van der Waals surface area contributed by atoms with Crippen molar-refractivity contribution in [1.82, 2.24) is 5.32 Å². The van der Waals surface area contributed by atoms with E-state index in [4.69, 9.17) is 4.74 Å². The second-order valence-corrected chi connectivity index (χ2v) is 4.75. The predicted molar refractivity (Wildman–Crippen MR) is 73.8 cm³/mol. The summed E-state index contributed by atoms with van der Waals surface area (Å²) in [7, 11) is 1.46. The Hall–Kier alpha value is -1.89. The highest BCUT2D eigenvalue weighted by Crippen LogP contribution is 2.31. The van der Waals surface area contributed by atoms with Gasteiger partial charge in [0.25, 0.3) is 0 Å². The van der Waals surface area contributed by atoms with Gasteiger partial charge in [-0.2, -0.15) is 8.78 Å². The van der Waals surface area contributed by atoms with E-state index < -0.39 is 6.61 Å². The standard InChI is InChI=1S/C14H18F2N2O3/c1-20-10-2-3-12(21-14(15)16)11(8-10)18-13(19)9-4-6-17-7-5-9/h2-3,8-9,14,17H,4-7H2,1H3,(H,18,19). The molecule has 1 aromatic carbocycles. The molecule has 5 nitrogen and oxygen atoms in total. The van der Waals surface area contributed by atoms with Gasteiger partial charge >= 0.3 is 6.61 Å². The van der Waals surface area contributed by atoms with Crippen LogP contribution in [0.2, 0.25) is 0 Å². The van der Waals surface area contributed by atoms with Crippen LogP contribution in [-0.2, 0) is 4.79 Å². The van der Waals surface area contributed by atoms with Crippen LogP contribution >= 0.6 is 0 Å². The fraction of sp³-hybridized carbons (Fsp3) is 0.500. The van der Waals surface area contributed by atoms with Crippen molar-refractivity contribution in [3.8, 4) is 11.5 Å². The SMILES string of the molecule is COc1ccc(OC(F)F)c(NC(=O)C2CCNCC2)c1. The Morgan fingerprint density at radius 3 is 2.71 bits per heavy atom. The van der Waals surface area contributed by atoms with Crippen LogP contribution < -0.4 is 20.1 Å². The zero-order chi connectivity index (χ0) is 15.2. The Labute approximate surface area is 121 Å². The molecule has 1 amide bonds. The third-order valence-corrected chi connectivity index (χ3v) is 3.37. The number of ether oxygens (including phenoxy) is 2. The molecule has 1 aliphatic rings. The van der Waals surface area contributed by atoms with Crippen molar-refractivity contribution in [3.05, 3.63) is 18.2 Å². The van der Waals surface area contributed by atoms with Gasteiger partial charge in [-0.05, 0) is 38.1 Å². The Morgan fingerprint density at radius 1 is 1.38 bits per heavy atom. The van der Waals surface area contributed by atoms with Crippen LogP contribution in [-0.4, -0.2) is 32.7 Å². The molecule has 0 radical (unpaired) electrons. The summed E-state index contributed by atoms with van der Waals surface area (Å²) in [5, 5.41) is 5.82. The van der Waals surface area contributed by atoms with E-state index in [1.165, 1.54) is 25.3 Å². The molecule has 1 fully saturated rings. The van der Waals surface area contributed by atoms with Crippen molar-refractivity contribution in [2.24, 2.45) is 5.92 Å². The van der Waals surface area contributed by atoms with E-state index in [9.17, 15) is 13.6 Å². The Balaban J connectivity index is 2.13. The fourth-order valence-corrected chi connectivity index (χ4v) is 2.25. The van der Waals surface area contributed by atoms with E-state index in [2.05, 4.69) is 15.4 Å². The van der Waals surface area contributed by atoms with Crippen LogP contribution in [0.15, 0.2) is 18.2 Å². The Morgan fingerprint density at radius 2 is 2.10 bits per heavy atom. The number of methoxy groups -OCH3 is 1. The summed E-state index contributed by atoms with van der Waals surface area (Å²) in [5.74, 6) is 0.0611. The number of piperidine rings is 1. The number of rotatable bonds is 5. The summed E-state index contributed by atoms with van der Waals surface area (Å²) in [6, 6.07) is 4.32. The van der Waals surface area contributed by atoms with Gasteiger partial charge in [0.2, 0.25) is 5.91 Å². The van der Waals surface area contributed by atoms with Gasteiger partial charge in [0, 0.05) is 12.0 Å². The van der Waals surface area contributed by atoms with Gasteiger partial charge in [-0.1, -0.05) is 0 Å². The number of hydrogen-bond acceptors (Lipinski definition) is 4. The van der Waals surface area contributed by atoms with Crippen LogP contribution in [0.3, 0.4) is 0 Å². The molecule has 0 aliphatic carbocycles. The number of nitrogens with one attached hydrogen (secondary N) is 2. The number of halogens is 2. The average molecular weight is 300 g/mol. The molecule has 1 saturated heterocycles. The average Bonchev–Trinajstić information content (AvgIpc) is 2.49. The summed E-state index contributed by atoms with van der Waals surface area (Å²) in [5.41, 5.74) is 0.193. The smallest absolute Gasteiger partial charge is 0.387 e. The van der Waals surface area contributed by atoms with Gasteiger partial charge < -0.3 is 20.1 Å². The molecular formula is C14H18F2N2O3. The fourth-order valence-electron chi connectivity index (χ4n) is 2.25. The molecule has 0 spiro atoms. The zero-order valence-electron chi connectivity index (χ0n) is 11.7. The normalized spacial score (nSPS) is 15.8. The van der Waals surface area contributed by atoms with Crippen molar-refractivity contribution < 1.29 is 23.0 Å². The van der Waals surface area contributed by atoms with E-state index in [1.807, 2.05) is 0 Å². The highest BCUT2D eigenvalue weighted by atomic mass is 19.3. The lowest BCUT2D eigenvalue weighted by molar-refractivity contribution is -0.120. The van der Waals surface area contributed by atoms with E-state index in [-0.39, 0.29) is 23.3 Å². The second-order valence-electron chi connectivity index (χ2n) is 4.75. The van der Waals surface area contributed by atoms with E-state index in [1.54, 1.807) is 0 Å². The van der Waals surface area contributed by atoms with E-state index in [0.29, 0.717) is 5.75 Å². The summed E-state index contributed by atoms with van der Waals surface area (Å²) >= 11 is 0. The number of carbonyl (C=O) groups is 1. The van der Waals surface area contributed by atoms with Crippen molar-refractivity contribution in [1.29, 1.82) is 0 Å². The topological polar surface area (TPSA) is 59.6 Å². The van der Waals surface area contributed by atoms with Crippen LogP contribution in [0.25, 0.3) is 0 Å². The second kappa shape index (κ2) is 7.21. The molecule has 0 bridgehead atoms. The molecule has 1 aliphatic heterocycles. The molecule has 2 rings (SSSR count). The first-order chi connectivity index (χ1) is 10.1. The molecule has 0 aromatic heterocycles. The number of anilines is 1. The highest BCUT2D eigenvalue weighted by molar-refractivity contribution is 5.94. The largest absolute Gasteiger partial charge is 0.497 e. The molecule has 7 heteroatoms. The van der Waals surface area contributed by atoms with Gasteiger partial charge in [0.1, 0.15) is 11.5 Å². The minimum Gasteiger partial charge on any atom is -0.497 e. The molecule has 1 aromatic rings. The first-order valence-electron chi connectivity index (χ1n) is 6.74. The Bertz CT molecular complexity index is 491. The molecule has 0 unspecified atom stereocenters. The van der Waals surface area contributed by atoms with Gasteiger partial charge in [-0.15, -0.1) is 0 Å². The minimum absolute atomic E-state index is 0.0758. The van der Waals surface area contributed by atoms with Gasteiger partial charge in [-0.25, -0.2) is 0 Å². The Kier molecular flexibility index (Phi) is 5.32. The summed E-state index contributed by atoms with van der Waals surface area (Å²) < 4.78 is 34.3. The lowest BCUT2D eigenvalue weighted by Gasteiger charge is -2.22. The number of benzene rings is 1. The lowest BCUT2D eigenvalue weighted by atomic mass is 9.97. The molecule has 116 valence electrons. The zero-order valence-corrected chi connectivity index (χ0v) is 11.7. The predicted octanol–water partition coefficient (Wildman–Crippen LogP) is 2.23. The van der Waals surface area contributed by atoms with Gasteiger partial charge in [-0.3, -0.25) is 4.79 Å². The van der Waals surface area contributed by atoms with Crippen molar-refractivity contribution >= 4 is 11.6 Å². The van der Waals surface area contributed by atoms with Crippen molar-refractivity contribution in [3.63, 3.8) is 0 Å². The molecule has 0 saturated carbocycles. The third kappa shape index (κ3) is 4.29. The van der Waals surface area contributed by atoms with Crippen molar-refractivity contribution in [2.45, 2.75) is 19.5 Å². The van der Waals surface area contributed by atoms with Crippen LogP contribution in [0, 0.1) is 5.92 Å². The first-order valence-corrected chi connectivity index (χ1v) is 6.74. The van der Waals surface area contributed by atoms with Crippen LogP contribution in [0.4, 0.5) is 14.5 Å². The number of alkyl halides is 2. The maximum Gasteiger partial charge on any atom is 0.387 e. The monoisotopic (exact) mass is 300 g/mol. The minimum atomic E-state index is -2.95. The molecular weight excluding hydrogens is 282 g/mol. The molecule has 0 atom stereocenters. The molecule has 1 heterocycles. The highest BCUT2D eigenvalue weighted by Gasteiger charge is 2.22. The maximum absolute atomic E-state index is 12.4. The van der Waals surface area contributed by atoms with Gasteiger partial charge in [0.15, 0.2) is 0 Å². The van der Waals surface area contributed by atoms with E-state index in [0.717, 1.165) is 25.9 Å². The van der Waals surface area contributed by atoms with Gasteiger partial charge in [0.05, 0.1) is 12.8 Å². The summed E-state index contributed by atoms with van der Waals surface area (Å²) in [4.78, 5) is 12.2.